The van der Waals surface area contributed by atoms with Crippen LogP contribution >= 0.6 is 0 Å². The Morgan fingerprint density at radius 2 is 1.13 bits per heavy atom. The van der Waals surface area contributed by atoms with E-state index in [9.17, 15) is 40.5 Å². The number of allylic oxidation sites excluding steroid dienone is 2. The molecule has 11 unspecified atom stereocenters. The zero-order valence-electron chi connectivity index (χ0n) is 31.6. The van der Waals surface area contributed by atoms with E-state index in [1.165, 1.54) is 70.6 Å². The van der Waals surface area contributed by atoms with E-state index in [0.29, 0.717) is 13.0 Å². The number of aliphatic hydroxyl groups excluding tert-OH is 7. The Kier molecular flexibility index (Phi) is 25.4. The van der Waals surface area contributed by atoms with Crippen LogP contribution in [-0.2, 0) is 33.2 Å². The minimum absolute atomic E-state index is 0.0539. The molecule has 0 aromatic rings. The second-order valence-electron chi connectivity index (χ2n) is 14.1. The first-order chi connectivity index (χ1) is 25.1. The topological polar surface area (TPSA) is 214 Å². The summed E-state index contributed by atoms with van der Waals surface area (Å²) in [6, 6.07) is 0. The molecule has 0 saturated carbocycles. The van der Waals surface area contributed by atoms with Gasteiger partial charge in [-0.1, -0.05) is 90.2 Å². The highest BCUT2D eigenvalue weighted by atomic mass is 16.7. The van der Waals surface area contributed by atoms with Gasteiger partial charge in [0.25, 0.3) is 0 Å². The lowest BCUT2D eigenvalue weighted by molar-refractivity contribution is -0.332. The molecule has 7 N–H and O–H groups in total. The summed E-state index contributed by atoms with van der Waals surface area (Å²) < 4.78 is 33.5. The molecular weight excluding hydrogens is 680 g/mol. The average molecular weight is 751 g/mol. The van der Waals surface area contributed by atoms with Crippen molar-refractivity contribution in [2.24, 2.45) is 0 Å². The zero-order valence-corrected chi connectivity index (χ0v) is 31.6. The summed E-state index contributed by atoms with van der Waals surface area (Å²) in [5.74, 6) is -0.432. The lowest BCUT2D eigenvalue weighted by Gasteiger charge is -2.42. The quantitative estimate of drug-likeness (QED) is 0.0333. The van der Waals surface area contributed by atoms with Crippen molar-refractivity contribution >= 4 is 5.97 Å². The normalized spacial score (nSPS) is 30.2. The van der Waals surface area contributed by atoms with Gasteiger partial charge in [0.2, 0.25) is 0 Å². The van der Waals surface area contributed by atoms with Gasteiger partial charge in [-0.25, -0.2) is 0 Å². The van der Waals surface area contributed by atoms with E-state index in [-0.39, 0.29) is 19.6 Å². The van der Waals surface area contributed by atoms with E-state index in [1.807, 2.05) is 6.92 Å². The fourth-order valence-electron chi connectivity index (χ4n) is 6.20. The van der Waals surface area contributed by atoms with Gasteiger partial charge in [-0.05, 0) is 38.5 Å². The fraction of sp³-hybridized carbons (Fsp3) is 0.921. The highest BCUT2D eigenvalue weighted by Crippen LogP contribution is 2.26. The number of hydrogen-bond donors (Lipinski definition) is 7. The minimum atomic E-state index is -1.70. The lowest BCUT2D eigenvalue weighted by Crippen LogP contribution is -2.61. The van der Waals surface area contributed by atoms with Crippen LogP contribution in [0.4, 0.5) is 0 Å². The van der Waals surface area contributed by atoms with Crippen molar-refractivity contribution in [3.8, 4) is 0 Å². The molecular formula is C38H70O14. The van der Waals surface area contributed by atoms with Gasteiger partial charge in [0.1, 0.15) is 54.9 Å². The number of esters is 1. The van der Waals surface area contributed by atoms with Crippen molar-refractivity contribution in [3.05, 3.63) is 12.2 Å². The van der Waals surface area contributed by atoms with Crippen LogP contribution in [0, 0.1) is 0 Å². The van der Waals surface area contributed by atoms with Crippen molar-refractivity contribution in [2.45, 2.75) is 191 Å². The summed E-state index contributed by atoms with van der Waals surface area (Å²) in [6.45, 7) is 3.27. The van der Waals surface area contributed by atoms with Gasteiger partial charge in [-0.15, -0.1) is 0 Å². The average Bonchev–Trinajstić information content (AvgIpc) is 3.13. The summed E-state index contributed by atoms with van der Waals surface area (Å²) >= 11 is 0. The molecule has 2 aliphatic rings. The van der Waals surface area contributed by atoms with E-state index >= 15 is 0 Å². The maximum Gasteiger partial charge on any atom is 0.306 e. The number of unbranched alkanes of at least 4 members (excludes halogenated alkanes) is 13. The third kappa shape index (κ3) is 17.9. The van der Waals surface area contributed by atoms with Crippen LogP contribution in [0.2, 0.25) is 0 Å². The van der Waals surface area contributed by atoms with E-state index in [0.717, 1.165) is 25.7 Å². The van der Waals surface area contributed by atoms with Gasteiger partial charge >= 0.3 is 5.97 Å². The Labute approximate surface area is 310 Å². The Balaban J connectivity index is 1.68. The number of ether oxygens (including phenoxy) is 6. The van der Waals surface area contributed by atoms with Gasteiger partial charge in [-0.3, -0.25) is 4.79 Å². The molecule has 14 heteroatoms. The molecule has 306 valence electrons. The fourth-order valence-corrected chi connectivity index (χ4v) is 6.20. The molecule has 0 spiro atoms. The molecule has 0 aromatic heterocycles. The molecule has 11 atom stereocenters. The molecule has 2 aliphatic heterocycles. The van der Waals surface area contributed by atoms with Crippen LogP contribution in [0.1, 0.15) is 123 Å². The van der Waals surface area contributed by atoms with E-state index in [4.69, 9.17) is 28.4 Å². The number of carbonyl (C=O) groups excluding carboxylic acids is 1. The van der Waals surface area contributed by atoms with Gasteiger partial charge < -0.3 is 64.2 Å². The lowest BCUT2D eigenvalue weighted by atomic mass is 9.98. The number of aliphatic hydroxyl groups is 7. The monoisotopic (exact) mass is 750 g/mol. The van der Waals surface area contributed by atoms with Crippen molar-refractivity contribution in [1.29, 1.82) is 0 Å². The molecule has 0 aromatic carbocycles. The summed E-state index contributed by atoms with van der Waals surface area (Å²) in [5, 5.41) is 71.1. The Bertz CT molecular complexity index is 922. The predicted molar refractivity (Wildman–Crippen MR) is 192 cm³/mol. The number of carbonyl (C=O) groups is 1. The van der Waals surface area contributed by atoms with Crippen LogP contribution in [0.3, 0.4) is 0 Å². The molecule has 14 nitrogen and oxygen atoms in total. The molecule has 2 saturated heterocycles. The van der Waals surface area contributed by atoms with Crippen LogP contribution in [0.15, 0.2) is 12.2 Å². The standard InChI is InChI=1S/C38H70O14/c1-3-5-6-7-8-9-10-11-12-13-14-15-16-17-18-19-20-22-47-24-27(50-30(40)21-4-2)25-48-37-36(46)34(44)32(42)29(52-37)26-49-38-35(45)33(43)31(41)28(23-39)51-38/h12-13,27-29,31-39,41-46H,3-11,14-26H2,1-2H3/b13-12-. The molecule has 2 rings (SSSR count). The molecule has 2 heterocycles. The van der Waals surface area contributed by atoms with Crippen LogP contribution < -0.4 is 0 Å². The number of rotatable bonds is 29. The summed E-state index contributed by atoms with van der Waals surface area (Å²) in [6.07, 6.45) is 7.64. The van der Waals surface area contributed by atoms with Gasteiger partial charge in [0.05, 0.1) is 26.4 Å². The Morgan fingerprint density at radius 1 is 0.615 bits per heavy atom. The molecule has 0 radical (unpaired) electrons. The minimum Gasteiger partial charge on any atom is -0.457 e. The van der Waals surface area contributed by atoms with Crippen molar-refractivity contribution in [2.75, 3.05) is 33.0 Å². The predicted octanol–water partition coefficient (Wildman–Crippen LogP) is 2.78. The maximum absolute atomic E-state index is 12.3. The molecule has 0 aliphatic carbocycles. The highest BCUT2D eigenvalue weighted by molar-refractivity contribution is 5.69. The smallest absolute Gasteiger partial charge is 0.306 e. The first kappa shape index (κ1) is 46.9. The molecule has 52 heavy (non-hydrogen) atoms. The summed E-state index contributed by atoms with van der Waals surface area (Å²) in [4.78, 5) is 12.3. The molecule has 2 fully saturated rings. The molecule has 0 bridgehead atoms. The van der Waals surface area contributed by atoms with E-state index < -0.39 is 86.7 Å². The van der Waals surface area contributed by atoms with Crippen molar-refractivity contribution < 1.29 is 69.0 Å². The summed E-state index contributed by atoms with van der Waals surface area (Å²) in [5.41, 5.74) is 0. The van der Waals surface area contributed by atoms with Crippen molar-refractivity contribution in [3.63, 3.8) is 0 Å². The van der Waals surface area contributed by atoms with E-state index in [1.54, 1.807) is 0 Å². The van der Waals surface area contributed by atoms with E-state index in [2.05, 4.69) is 19.1 Å². The first-order valence-corrected chi connectivity index (χ1v) is 19.8. The van der Waals surface area contributed by atoms with Crippen LogP contribution in [-0.4, -0.2) is 142 Å². The van der Waals surface area contributed by atoms with Crippen molar-refractivity contribution in [1.82, 2.24) is 0 Å². The second kappa shape index (κ2) is 28.2. The third-order valence-corrected chi connectivity index (χ3v) is 9.49. The van der Waals surface area contributed by atoms with Crippen LogP contribution in [0.5, 0.6) is 0 Å². The number of hydrogen-bond acceptors (Lipinski definition) is 14. The van der Waals surface area contributed by atoms with Gasteiger partial charge in [0.15, 0.2) is 12.6 Å². The first-order valence-electron chi connectivity index (χ1n) is 19.8. The largest absolute Gasteiger partial charge is 0.457 e. The maximum atomic E-state index is 12.3. The van der Waals surface area contributed by atoms with Crippen LogP contribution in [0.25, 0.3) is 0 Å². The summed E-state index contributed by atoms with van der Waals surface area (Å²) in [7, 11) is 0. The SMILES string of the molecule is CCCCCCCCC/C=C\CCCCCCCCOCC(COC1OC(COC2OC(CO)C(O)C(O)C2O)C(O)C(O)C1O)OC(=O)CCC. The second-order valence-corrected chi connectivity index (χ2v) is 14.1. The Hall–Kier alpha value is -1.27. The van der Waals surface area contributed by atoms with Gasteiger partial charge in [0, 0.05) is 13.0 Å². The Morgan fingerprint density at radius 3 is 1.71 bits per heavy atom. The highest BCUT2D eigenvalue weighted by Gasteiger charge is 2.47. The molecule has 0 amide bonds. The zero-order chi connectivity index (χ0) is 38.1. The van der Waals surface area contributed by atoms with Gasteiger partial charge in [-0.2, -0.15) is 0 Å². The third-order valence-electron chi connectivity index (χ3n) is 9.49.